The van der Waals surface area contributed by atoms with Gasteiger partial charge < -0.3 is 29.2 Å². The lowest BCUT2D eigenvalue weighted by atomic mass is 10.1. The van der Waals surface area contributed by atoms with Crippen LogP contribution in [0, 0.1) is 0 Å². The van der Waals surface area contributed by atoms with Crippen molar-refractivity contribution in [1.29, 1.82) is 0 Å². The van der Waals surface area contributed by atoms with Gasteiger partial charge in [-0.3, -0.25) is 0 Å². The summed E-state index contributed by atoms with van der Waals surface area (Å²) in [6.45, 7) is 1.13. The number of hydrogen-bond acceptors (Lipinski definition) is 5. The zero-order chi connectivity index (χ0) is 24.9. The minimum atomic E-state index is -0.176. The molecule has 0 saturated carbocycles. The number of methoxy groups -OCH3 is 2. The first-order chi connectivity index (χ1) is 17.6. The Morgan fingerprint density at radius 3 is 2.50 bits per heavy atom. The highest BCUT2D eigenvalue weighted by atomic mass is 16.7. The first-order valence-electron chi connectivity index (χ1n) is 11.8. The van der Waals surface area contributed by atoms with Gasteiger partial charge in [-0.1, -0.05) is 48.5 Å². The number of urea groups is 1. The summed E-state index contributed by atoms with van der Waals surface area (Å²) in [6, 6.07) is 25.3. The molecule has 0 aromatic heterocycles. The number of benzene rings is 4. The number of carbonyl (C=O) groups excluding carboxylic acids is 1. The van der Waals surface area contributed by atoms with Crippen LogP contribution in [0.5, 0.6) is 23.0 Å². The average molecular weight is 485 g/mol. The smallest absolute Gasteiger partial charge is 0.322 e. The summed E-state index contributed by atoms with van der Waals surface area (Å²) in [5.41, 5.74) is 2.78. The summed E-state index contributed by atoms with van der Waals surface area (Å²) in [4.78, 5) is 15.4. The predicted octanol–water partition coefficient (Wildman–Crippen LogP) is 5.86. The molecule has 4 aromatic rings. The molecule has 0 atom stereocenters. The fraction of sp³-hybridized carbons (Fsp3) is 0.207. The van der Waals surface area contributed by atoms with Crippen molar-refractivity contribution >= 4 is 22.5 Å². The molecule has 1 N–H and O–H groups in total. The third-order valence-electron chi connectivity index (χ3n) is 6.25. The van der Waals surface area contributed by atoms with E-state index in [0.717, 1.165) is 33.3 Å². The lowest BCUT2D eigenvalue weighted by Crippen LogP contribution is -2.36. The van der Waals surface area contributed by atoms with Gasteiger partial charge in [0, 0.05) is 18.5 Å². The second kappa shape index (κ2) is 10.5. The molecule has 2 amide bonds. The molecule has 0 aliphatic carbocycles. The molecule has 0 spiro atoms. The summed E-state index contributed by atoms with van der Waals surface area (Å²) >= 11 is 0. The van der Waals surface area contributed by atoms with Gasteiger partial charge in [-0.2, -0.15) is 0 Å². The molecule has 184 valence electrons. The standard InChI is InChI=1S/C29H28N2O5/c1-33-25-12-10-20(16-27(25)34-2)14-15-31(18-21-11-13-26-28(17-21)36-19-35-26)29(32)30-24-9-5-7-22-6-3-4-8-23(22)24/h3-13,16-17H,14-15,18-19H2,1-2H3,(H,30,32). The van der Waals surface area contributed by atoms with Crippen LogP contribution in [0.3, 0.4) is 0 Å². The molecule has 0 unspecified atom stereocenters. The molecule has 5 rings (SSSR count). The van der Waals surface area contributed by atoms with Crippen LogP contribution in [0.25, 0.3) is 10.8 Å². The Bertz CT molecular complexity index is 1380. The fourth-order valence-corrected chi connectivity index (χ4v) is 4.34. The van der Waals surface area contributed by atoms with E-state index < -0.39 is 0 Å². The summed E-state index contributed by atoms with van der Waals surface area (Å²) < 4.78 is 21.8. The van der Waals surface area contributed by atoms with E-state index in [9.17, 15) is 4.79 Å². The van der Waals surface area contributed by atoms with Crippen molar-refractivity contribution in [2.45, 2.75) is 13.0 Å². The Hall–Kier alpha value is -4.39. The minimum absolute atomic E-state index is 0.176. The highest BCUT2D eigenvalue weighted by molar-refractivity contribution is 6.01. The van der Waals surface area contributed by atoms with Crippen LogP contribution < -0.4 is 24.3 Å². The van der Waals surface area contributed by atoms with Gasteiger partial charge in [0.15, 0.2) is 23.0 Å². The van der Waals surface area contributed by atoms with Gasteiger partial charge in [0.1, 0.15) is 0 Å². The van der Waals surface area contributed by atoms with E-state index in [1.165, 1.54) is 0 Å². The number of amides is 2. The number of ether oxygens (including phenoxy) is 4. The number of nitrogens with one attached hydrogen (secondary N) is 1. The van der Waals surface area contributed by atoms with Crippen LogP contribution in [-0.2, 0) is 13.0 Å². The highest BCUT2D eigenvalue weighted by Crippen LogP contribution is 2.33. The molecule has 0 radical (unpaired) electrons. The van der Waals surface area contributed by atoms with Crippen molar-refractivity contribution in [3.63, 3.8) is 0 Å². The van der Waals surface area contributed by atoms with Gasteiger partial charge >= 0.3 is 6.03 Å². The molecule has 0 fully saturated rings. The fourth-order valence-electron chi connectivity index (χ4n) is 4.34. The number of rotatable bonds is 8. The summed E-state index contributed by atoms with van der Waals surface area (Å²) in [5, 5.41) is 5.19. The van der Waals surface area contributed by atoms with Crippen LogP contribution in [0.4, 0.5) is 10.5 Å². The number of nitrogens with zero attached hydrogens (tertiary/aromatic N) is 1. The third-order valence-corrected chi connectivity index (χ3v) is 6.25. The van der Waals surface area contributed by atoms with Crippen LogP contribution in [0.2, 0.25) is 0 Å². The quantitative estimate of drug-likeness (QED) is 0.339. The SMILES string of the molecule is COc1ccc(CCN(Cc2ccc3c(c2)OCO3)C(=O)Nc2cccc3ccccc23)cc1OC. The van der Waals surface area contributed by atoms with Crippen LogP contribution in [0.1, 0.15) is 11.1 Å². The molecular weight excluding hydrogens is 456 g/mol. The number of anilines is 1. The zero-order valence-electron chi connectivity index (χ0n) is 20.3. The Balaban J connectivity index is 1.38. The van der Waals surface area contributed by atoms with Crippen molar-refractivity contribution in [2.24, 2.45) is 0 Å². The van der Waals surface area contributed by atoms with Gasteiger partial charge in [-0.15, -0.1) is 0 Å². The second-order valence-corrected chi connectivity index (χ2v) is 8.51. The maximum Gasteiger partial charge on any atom is 0.322 e. The molecule has 1 aliphatic rings. The van der Waals surface area contributed by atoms with Crippen LogP contribution in [0.15, 0.2) is 78.9 Å². The Morgan fingerprint density at radius 1 is 0.861 bits per heavy atom. The van der Waals surface area contributed by atoms with Crippen molar-refractivity contribution in [3.05, 3.63) is 90.0 Å². The van der Waals surface area contributed by atoms with Gasteiger partial charge in [0.05, 0.1) is 19.9 Å². The van der Waals surface area contributed by atoms with Crippen molar-refractivity contribution in [3.8, 4) is 23.0 Å². The normalized spacial score (nSPS) is 11.8. The average Bonchev–Trinajstić information content (AvgIpc) is 3.39. The van der Waals surface area contributed by atoms with Crippen molar-refractivity contribution < 1.29 is 23.7 Å². The summed E-state index contributed by atoms with van der Waals surface area (Å²) in [7, 11) is 3.23. The number of fused-ring (bicyclic) bond motifs is 2. The molecule has 4 aromatic carbocycles. The maximum atomic E-state index is 13.6. The molecule has 0 bridgehead atoms. The first kappa shape index (κ1) is 23.4. The Morgan fingerprint density at radius 2 is 1.64 bits per heavy atom. The van der Waals surface area contributed by atoms with Crippen LogP contribution >= 0.6 is 0 Å². The van der Waals surface area contributed by atoms with E-state index in [1.807, 2.05) is 78.9 Å². The topological polar surface area (TPSA) is 69.3 Å². The van der Waals surface area contributed by atoms with Gasteiger partial charge in [0.25, 0.3) is 0 Å². The Kier molecular flexibility index (Phi) is 6.80. The molecule has 1 aliphatic heterocycles. The largest absolute Gasteiger partial charge is 0.493 e. The summed E-state index contributed by atoms with van der Waals surface area (Å²) in [5.74, 6) is 2.75. The molecule has 1 heterocycles. The van der Waals surface area contributed by atoms with E-state index in [0.29, 0.717) is 36.8 Å². The lowest BCUT2D eigenvalue weighted by molar-refractivity contribution is 0.174. The van der Waals surface area contributed by atoms with Crippen molar-refractivity contribution in [1.82, 2.24) is 4.90 Å². The zero-order valence-corrected chi connectivity index (χ0v) is 20.3. The maximum absolute atomic E-state index is 13.6. The third kappa shape index (κ3) is 5.00. The lowest BCUT2D eigenvalue weighted by Gasteiger charge is -2.24. The first-order valence-corrected chi connectivity index (χ1v) is 11.8. The van der Waals surface area contributed by atoms with Crippen molar-refractivity contribution in [2.75, 3.05) is 32.9 Å². The molecule has 36 heavy (non-hydrogen) atoms. The number of carbonyl (C=O) groups is 1. The van der Waals surface area contributed by atoms with Gasteiger partial charge in [0.2, 0.25) is 6.79 Å². The molecular formula is C29H28N2O5. The van der Waals surface area contributed by atoms with E-state index >= 15 is 0 Å². The highest BCUT2D eigenvalue weighted by Gasteiger charge is 2.19. The van der Waals surface area contributed by atoms with E-state index in [-0.39, 0.29) is 12.8 Å². The van der Waals surface area contributed by atoms with Gasteiger partial charge in [-0.25, -0.2) is 4.79 Å². The monoisotopic (exact) mass is 484 g/mol. The van der Waals surface area contributed by atoms with Gasteiger partial charge in [-0.05, 0) is 53.3 Å². The summed E-state index contributed by atoms with van der Waals surface area (Å²) in [6.07, 6.45) is 0.647. The number of hydrogen-bond donors (Lipinski definition) is 1. The minimum Gasteiger partial charge on any atom is -0.493 e. The second-order valence-electron chi connectivity index (χ2n) is 8.51. The molecule has 7 heteroatoms. The molecule has 7 nitrogen and oxygen atoms in total. The molecule has 0 saturated heterocycles. The van der Waals surface area contributed by atoms with Crippen LogP contribution in [-0.4, -0.2) is 38.5 Å². The van der Waals surface area contributed by atoms with E-state index in [1.54, 1.807) is 19.1 Å². The van der Waals surface area contributed by atoms with E-state index in [4.69, 9.17) is 18.9 Å². The Labute approximate surface area is 210 Å². The predicted molar refractivity (Wildman–Crippen MR) is 139 cm³/mol. The van der Waals surface area contributed by atoms with E-state index in [2.05, 4.69) is 5.32 Å².